The molecule has 3 aromatic carbocycles. The van der Waals surface area contributed by atoms with Crippen molar-refractivity contribution in [1.82, 2.24) is 10.2 Å². The number of fused-ring (bicyclic) bond motifs is 1. The average Bonchev–Trinajstić information content (AvgIpc) is 3.05. The minimum absolute atomic E-state index is 0.245. The highest BCUT2D eigenvalue weighted by Gasteiger charge is 2.08. The van der Waals surface area contributed by atoms with Gasteiger partial charge in [-0.25, -0.2) is 4.39 Å². The first-order valence-electron chi connectivity index (χ1n) is 7.77. The van der Waals surface area contributed by atoms with Gasteiger partial charge in [0.1, 0.15) is 5.82 Å². The Balaban J connectivity index is 1.73. The van der Waals surface area contributed by atoms with Crippen molar-refractivity contribution in [2.75, 3.05) is 0 Å². The number of hydrogen-bond acceptors (Lipinski definition) is 1. The van der Waals surface area contributed by atoms with Crippen LogP contribution in [-0.2, 0) is 0 Å². The molecule has 2 nitrogen and oxygen atoms in total. The molecule has 0 spiro atoms. The predicted octanol–water partition coefficient (Wildman–Crippen LogP) is 5.54. The topological polar surface area (TPSA) is 28.7 Å². The third kappa shape index (κ3) is 2.84. The average molecular weight is 314 g/mol. The van der Waals surface area contributed by atoms with Gasteiger partial charge in [0.15, 0.2) is 0 Å². The van der Waals surface area contributed by atoms with Gasteiger partial charge in [-0.15, -0.1) is 0 Å². The largest absolute Gasteiger partial charge is 0.277 e. The molecule has 1 aromatic heterocycles. The van der Waals surface area contributed by atoms with E-state index in [2.05, 4.69) is 40.5 Å². The molecule has 0 radical (unpaired) electrons. The molecule has 24 heavy (non-hydrogen) atoms. The van der Waals surface area contributed by atoms with Crippen molar-refractivity contribution < 1.29 is 4.39 Å². The Morgan fingerprint density at radius 1 is 0.792 bits per heavy atom. The first kappa shape index (κ1) is 14.4. The predicted molar refractivity (Wildman–Crippen MR) is 96.9 cm³/mol. The van der Waals surface area contributed by atoms with Crippen LogP contribution in [0.3, 0.4) is 0 Å². The number of aromatic amines is 1. The van der Waals surface area contributed by atoms with E-state index >= 15 is 0 Å². The number of rotatable bonds is 3. The molecule has 0 unspecified atom stereocenters. The SMILES string of the molecule is Fc1ccc(-c2n[nH]c3ccc(/C=C/c4ccccc4)cc23)cc1. The normalized spacial score (nSPS) is 11.4. The lowest BCUT2D eigenvalue weighted by Crippen LogP contribution is -1.80. The second-order valence-electron chi connectivity index (χ2n) is 5.63. The Kier molecular flexibility index (Phi) is 3.67. The molecule has 0 atom stereocenters. The van der Waals surface area contributed by atoms with Crippen LogP contribution in [-0.4, -0.2) is 10.2 Å². The van der Waals surface area contributed by atoms with E-state index in [4.69, 9.17) is 0 Å². The zero-order valence-corrected chi connectivity index (χ0v) is 12.9. The van der Waals surface area contributed by atoms with Gasteiger partial charge in [0.05, 0.1) is 11.2 Å². The van der Waals surface area contributed by atoms with E-state index in [0.717, 1.165) is 33.3 Å². The van der Waals surface area contributed by atoms with Crippen LogP contribution in [0.5, 0.6) is 0 Å². The summed E-state index contributed by atoms with van der Waals surface area (Å²) in [6, 6.07) is 22.7. The highest BCUT2D eigenvalue weighted by atomic mass is 19.1. The van der Waals surface area contributed by atoms with E-state index in [0.29, 0.717) is 0 Å². The van der Waals surface area contributed by atoms with Gasteiger partial charge in [0, 0.05) is 10.9 Å². The number of aromatic nitrogens is 2. The molecule has 0 bridgehead atoms. The summed E-state index contributed by atoms with van der Waals surface area (Å²) in [5, 5.41) is 8.44. The lowest BCUT2D eigenvalue weighted by molar-refractivity contribution is 0.628. The molecule has 1 N–H and O–H groups in total. The Morgan fingerprint density at radius 2 is 1.54 bits per heavy atom. The molecule has 4 aromatic rings. The minimum atomic E-state index is -0.245. The van der Waals surface area contributed by atoms with E-state index in [-0.39, 0.29) is 5.82 Å². The molecule has 0 aliphatic rings. The summed E-state index contributed by atoms with van der Waals surface area (Å²) >= 11 is 0. The summed E-state index contributed by atoms with van der Waals surface area (Å²) < 4.78 is 13.1. The van der Waals surface area contributed by atoms with Gasteiger partial charge in [-0.05, 0) is 47.5 Å². The number of nitrogens with one attached hydrogen (secondary N) is 1. The first-order chi connectivity index (χ1) is 11.8. The molecule has 0 aliphatic heterocycles. The molecule has 3 heteroatoms. The molecule has 4 rings (SSSR count). The van der Waals surface area contributed by atoms with Crippen molar-refractivity contribution >= 4 is 23.1 Å². The quantitative estimate of drug-likeness (QED) is 0.494. The first-order valence-corrected chi connectivity index (χ1v) is 7.77. The van der Waals surface area contributed by atoms with Crippen LogP contribution < -0.4 is 0 Å². The van der Waals surface area contributed by atoms with Crippen molar-refractivity contribution in [3.63, 3.8) is 0 Å². The fraction of sp³-hybridized carbons (Fsp3) is 0. The summed E-state index contributed by atoms with van der Waals surface area (Å²) in [6.07, 6.45) is 4.16. The maximum atomic E-state index is 13.1. The number of benzene rings is 3. The van der Waals surface area contributed by atoms with Crippen LogP contribution in [0.25, 0.3) is 34.3 Å². The maximum absolute atomic E-state index is 13.1. The summed E-state index contributed by atoms with van der Waals surface area (Å²) in [7, 11) is 0. The lowest BCUT2D eigenvalue weighted by atomic mass is 10.0. The van der Waals surface area contributed by atoms with Gasteiger partial charge in [0.2, 0.25) is 0 Å². The standard InChI is InChI=1S/C21H15FN2/c22-18-11-9-17(10-12-18)21-19-14-16(8-13-20(19)23-24-21)7-6-15-4-2-1-3-5-15/h1-14H,(H,23,24)/b7-6+. The number of H-pyrrole nitrogens is 1. The smallest absolute Gasteiger partial charge is 0.123 e. The third-order valence-electron chi connectivity index (χ3n) is 3.97. The molecule has 0 amide bonds. The third-order valence-corrected chi connectivity index (χ3v) is 3.97. The molecule has 116 valence electrons. The van der Waals surface area contributed by atoms with Gasteiger partial charge in [0.25, 0.3) is 0 Å². The van der Waals surface area contributed by atoms with E-state index < -0.39 is 0 Å². The number of halogens is 1. The second-order valence-corrected chi connectivity index (χ2v) is 5.63. The molecule has 0 fully saturated rings. The van der Waals surface area contributed by atoms with Crippen molar-refractivity contribution in [3.8, 4) is 11.3 Å². The van der Waals surface area contributed by atoms with Crippen LogP contribution in [0.2, 0.25) is 0 Å². The zero-order chi connectivity index (χ0) is 16.4. The number of hydrogen-bond donors (Lipinski definition) is 1. The fourth-order valence-corrected chi connectivity index (χ4v) is 2.72. The Hall–Kier alpha value is -3.20. The summed E-state index contributed by atoms with van der Waals surface area (Å²) in [5.74, 6) is -0.245. The van der Waals surface area contributed by atoms with E-state index in [9.17, 15) is 4.39 Å². The van der Waals surface area contributed by atoms with Crippen molar-refractivity contribution in [1.29, 1.82) is 0 Å². The van der Waals surface area contributed by atoms with Crippen LogP contribution in [0, 0.1) is 5.82 Å². The van der Waals surface area contributed by atoms with Crippen molar-refractivity contribution in [2.45, 2.75) is 0 Å². The summed E-state index contributed by atoms with van der Waals surface area (Å²) in [5.41, 5.74) is 4.94. The van der Waals surface area contributed by atoms with Crippen LogP contribution in [0.4, 0.5) is 4.39 Å². The number of nitrogens with zero attached hydrogens (tertiary/aromatic N) is 1. The Bertz CT molecular complexity index is 999. The second kappa shape index (κ2) is 6.13. The van der Waals surface area contributed by atoms with Gasteiger partial charge < -0.3 is 0 Å². The van der Waals surface area contributed by atoms with Gasteiger partial charge in [-0.3, -0.25) is 5.10 Å². The Morgan fingerprint density at radius 3 is 2.33 bits per heavy atom. The van der Waals surface area contributed by atoms with Crippen molar-refractivity contribution in [2.24, 2.45) is 0 Å². The molecular formula is C21H15FN2. The fourth-order valence-electron chi connectivity index (χ4n) is 2.72. The molecular weight excluding hydrogens is 299 g/mol. The van der Waals surface area contributed by atoms with Crippen LogP contribution >= 0.6 is 0 Å². The van der Waals surface area contributed by atoms with Crippen LogP contribution in [0.1, 0.15) is 11.1 Å². The van der Waals surface area contributed by atoms with Crippen LogP contribution in [0.15, 0.2) is 72.8 Å². The van der Waals surface area contributed by atoms with Crippen molar-refractivity contribution in [3.05, 3.63) is 89.7 Å². The van der Waals surface area contributed by atoms with Gasteiger partial charge >= 0.3 is 0 Å². The van der Waals surface area contributed by atoms with E-state index in [1.807, 2.05) is 30.3 Å². The summed E-state index contributed by atoms with van der Waals surface area (Å²) in [6.45, 7) is 0. The monoisotopic (exact) mass is 314 g/mol. The lowest BCUT2D eigenvalue weighted by Gasteiger charge is -1.99. The minimum Gasteiger partial charge on any atom is -0.277 e. The van der Waals surface area contributed by atoms with E-state index in [1.165, 1.54) is 12.1 Å². The summed E-state index contributed by atoms with van der Waals surface area (Å²) in [4.78, 5) is 0. The highest BCUT2D eigenvalue weighted by Crippen LogP contribution is 2.27. The molecule has 0 aliphatic carbocycles. The Labute approximate surface area is 139 Å². The maximum Gasteiger partial charge on any atom is 0.123 e. The molecule has 1 heterocycles. The van der Waals surface area contributed by atoms with Gasteiger partial charge in [-0.2, -0.15) is 5.10 Å². The van der Waals surface area contributed by atoms with Gasteiger partial charge in [-0.1, -0.05) is 48.6 Å². The molecule has 0 saturated carbocycles. The highest BCUT2D eigenvalue weighted by molar-refractivity contribution is 5.94. The van der Waals surface area contributed by atoms with E-state index in [1.54, 1.807) is 12.1 Å². The zero-order valence-electron chi connectivity index (χ0n) is 12.9. The molecule has 0 saturated heterocycles.